The Bertz CT molecular complexity index is 493. The van der Waals surface area contributed by atoms with Gasteiger partial charge in [0.25, 0.3) is 0 Å². The minimum absolute atomic E-state index is 0.250. The first-order valence-electron chi connectivity index (χ1n) is 6.21. The van der Waals surface area contributed by atoms with Crippen molar-refractivity contribution in [1.82, 2.24) is 4.90 Å². The number of nitrogens with zero attached hydrogens (tertiary/aromatic N) is 2. The molecule has 0 bridgehead atoms. The fourth-order valence-electron chi connectivity index (χ4n) is 1.70. The molecule has 0 saturated heterocycles. The van der Waals surface area contributed by atoms with Gasteiger partial charge in [-0.25, -0.2) is 0 Å². The molecule has 0 amide bonds. The van der Waals surface area contributed by atoms with Crippen molar-refractivity contribution in [3.63, 3.8) is 0 Å². The minimum atomic E-state index is -0.855. The van der Waals surface area contributed by atoms with E-state index in [0.717, 1.165) is 12.1 Å². The van der Waals surface area contributed by atoms with Crippen molar-refractivity contribution in [3.05, 3.63) is 39.7 Å². The second kappa shape index (κ2) is 7.54. The third-order valence-electron chi connectivity index (χ3n) is 2.66. The van der Waals surface area contributed by atoms with Gasteiger partial charge in [-0.2, -0.15) is 4.39 Å². The summed E-state index contributed by atoms with van der Waals surface area (Å²) in [5.74, 6) is -1.14. The molecular formula is C13H17FN2O4. The Morgan fingerprint density at radius 1 is 1.50 bits per heavy atom. The molecule has 6 nitrogen and oxygen atoms in total. The molecule has 0 radical (unpaired) electrons. The van der Waals surface area contributed by atoms with Crippen molar-refractivity contribution >= 4 is 11.7 Å². The predicted octanol–water partition coefficient (Wildman–Crippen LogP) is 2.12. The summed E-state index contributed by atoms with van der Waals surface area (Å²) in [6, 6.07) is 3.78. The van der Waals surface area contributed by atoms with E-state index < -0.39 is 16.4 Å². The molecule has 0 unspecified atom stereocenters. The van der Waals surface area contributed by atoms with Crippen LogP contribution in [0.15, 0.2) is 18.2 Å². The number of rotatable bonds is 7. The third kappa shape index (κ3) is 4.93. The van der Waals surface area contributed by atoms with Gasteiger partial charge in [-0.1, -0.05) is 6.07 Å². The Balaban J connectivity index is 2.54. The summed E-state index contributed by atoms with van der Waals surface area (Å²) in [7, 11) is 1.78. The topological polar surface area (TPSA) is 72.7 Å². The van der Waals surface area contributed by atoms with Crippen molar-refractivity contribution in [2.75, 3.05) is 20.2 Å². The highest BCUT2D eigenvalue weighted by Gasteiger charge is 2.14. The van der Waals surface area contributed by atoms with Gasteiger partial charge >= 0.3 is 11.7 Å². The molecule has 0 heterocycles. The molecule has 1 aromatic carbocycles. The molecule has 0 saturated carbocycles. The lowest BCUT2D eigenvalue weighted by Gasteiger charge is -2.16. The predicted molar refractivity (Wildman–Crippen MR) is 70.6 cm³/mol. The number of nitro benzene ring substituents is 1. The van der Waals surface area contributed by atoms with Crippen LogP contribution in [-0.2, 0) is 16.1 Å². The van der Waals surface area contributed by atoms with Crippen molar-refractivity contribution in [1.29, 1.82) is 0 Å². The van der Waals surface area contributed by atoms with Gasteiger partial charge in [-0.15, -0.1) is 0 Å². The van der Waals surface area contributed by atoms with Crippen LogP contribution in [0.5, 0.6) is 0 Å². The number of carbonyl (C=O) groups is 1. The first kappa shape index (κ1) is 16.0. The zero-order valence-electron chi connectivity index (χ0n) is 11.5. The largest absolute Gasteiger partial charge is 0.466 e. The average molecular weight is 284 g/mol. The number of carbonyl (C=O) groups excluding carboxylic acids is 1. The molecule has 0 aliphatic heterocycles. The molecule has 1 rings (SSSR count). The lowest BCUT2D eigenvalue weighted by Crippen LogP contribution is -2.22. The van der Waals surface area contributed by atoms with E-state index in [2.05, 4.69) is 0 Å². The molecule has 1 aromatic rings. The molecule has 110 valence electrons. The van der Waals surface area contributed by atoms with Gasteiger partial charge in [0.05, 0.1) is 18.0 Å². The second-order valence-corrected chi connectivity index (χ2v) is 4.34. The van der Waals surface area contributed by atoms with Crippen molar-refractivity contribution < 1.29 is 18.8 Å². The lowest BCUT2D eigenvalue weighted by molar-refractivity contribution is -0.387. The van der Waals surface area contributed by atoms with E-state index in [1.165, 1.54) is 6.07 Å². The molecule has 0 aliphatic carbocycles. The maximum Gasteiger partial charge on any atom is 0.307 e. The molecule has 0 N–H and O–H groups in total. The van der Waals surface area contributed by atoms with Crippen molar-refractivity contribution in [2.45, 2.75) is 19.9 Å². The number of esters is 1. The molecule has 20 heavy (non-hydrogen) atoms. The van der Waals surface area contributed by atoms with Crippen LogP contribution in [0.3, 0.4) is 0 Å². The standard InChI is InChI=1S/C13H17FN2O4/c1-3-20-13(17)6-7-15(2)9-10-4-5-12(16(18)19)11(14)8-10/h4-5,8H,3,6-7,9H2,1-2H3. The normalized spacial score (nSPS) is 10.6. The second-order valence-electron chi connectivity index (χ2n) is 4.34. The Hall–Kier alpha value is -2.02. The molecular weight excluding hydrogens is 267 g/mol. The highest BCUT2D eigenvalue weighted by molar-refractivity contribution is 5.69. The van der Waals surface area contributed by atoms with E-state index in [1.54, 1.807) is 14.0 Å². The van der Waals surface area contributed by atoms with Gasteiger partial charge in [-0.05, 0) is 25.6 Å². The van der Waals surface area contributed by atoms with Gasteiger partial charge < -0.3 is 9.64 Å². The van der Waals surface area contributed by atoms with Crippen molar-refractivity contribution in [2.24, 2.45) is 0 Å². The van der Waals surface area contributed by atoms with Crippen LogP contribution in [0.1, 0.15) is 18.9 Å². The van der Waals surface area contributed by atoms with Crippen LogP contribution < -0.4 is 0 Å². The molecule has 0 atom stereocenters. The van der Waals surface area contributed by atoms with Crippen LogP contribution in [0, 0.1) is 15.9 Å². The maximum atomic E-state index is 13.4. The van der Waals surface area contributed by atoms with Crippen LogP contribution in [0.25, 0.3) is 0 Å². The number of ether oxygens (including phenoxy) is 1. The third-order valence-corrected chi connectivity index (χ3v) is 2.66. The van der Waals surface area contributed by atoms with Crippen LogP contribution in [0.4, 0.5) is 10.1 Å². The Labute approximate surface area is 116 Å². The van der Waals surface area contributed by atoms with E-state index in [4.69, 9.17) is 4.74 Å². The summed E-state index contributed by atoms with van der Waals surface area (Å²) in [6.45, 7) is 2.95. The zero-order valence-corrected chi connectivity index (χ0v) is 11.5. The summed E-state index contributed by atoms with van der Waals surface area (Å²) in [5, 5.41) is 10.5. The van der Waals surface area contributed by atoms with Crippen molar-refractivity contribution in [3.8, 4) is 0 Å². The zero-order chi connectivity index (χ0) is 15.1. The molecule has 0 fully saturated rings. The number of halogens is 1. The van der Waals surface area contributed by atoms with Crippen LogP contribution in [-0.4, -0.2) is 36.0 Å². The summed E-state index contributed by atoms with van der Waals surface area (Å²) in [6.07, 6.45) is 0.250. The Kier molecular flexibility index (Phi) is 6.05. The van der Waals surface area contributed by atoms with Gasteiger partial charge in [0.15, 0.2) is 0 Å². The van der Waals surface area contributed by atoms with E-state index in [9.17, 15) is 19.3 Å². The highest BCUT2D eigenvalue weighted by Crippen LogP contribution is 2.18. The number of hydrogen-bond acceptors (Lipinski definition) is 5. The molecule has 0 aliphatic rings. The van der Waals surface area contributed by atoms with Crippen LogP contribution >= 0.6 is 0 Å². The lowest BCUT2D eigenvalue weighted by atomic mass is 10.2. The molecule has 0 aromatic heterocycles. The summed E-state index contributed by atoms with van der Waals surface area (Å²) >= 11 is 0. The number of benzene rings is 1. The first-order chi connectivity index (χ1) is 9.43. The quantitative estimate of drug-likeness (QED) is 0.435. The average Bonchev–Trinajstić information content (AvgIpc) is 2.36. The highest BCUT2D eigenvalue weighted by atomic mass is 19.1. The van der Waals surface area contributed by atoms with E-state index in [0.29, 0.717) is 25.3 Å². The smallest absolute Gasteiger partial charge is 0.307 e. The van der Waals surface area contributed by atoms with E-state index in [-0.39, 0.29) is 12.4 Å². The van der Waals surface area contributed by atoms with Gasteiger partial charge in [0, 0.05) is 19.2 Å². The minimum Gasteiger partial charge on any atom is -0.466 e. The summed E-state index contributed by atoms with van der Waals surface area (Å²) < 4.78 is 18.2. The first-order valence-corrected chi connectivity index (χ1v) is 6.21. The van der Waals surface area contributed by atoms with Gasteiger partial charge in [0.2, 0.25) is 5.82 Å². The van der Waals surface area contributed by atoms with Crippen LogP contribution in [0.2, 0.25) is 0 Å². The van der Waals surface area contributed by atoms with E-state index >= 15 is 0 Å². The summed E-state index contributed by atoms with van der Waals surface area (Å²) in [5.41, 5.74) is 0.0717. The Morgan fingerprint density at radius 2 is 2.20 bits per heavy atom. The maximum absolute atomic E-state index is 13.4. The Morgan fingerprint density at radius 3 is 2.75 bits per heavy atom. The number of nitro groups is 1. The molecule has 7 heteroatoms. The summed E-state index contributed by atoms with van der Waals surface area (Å²) in [4.78, 5) is 22.7. The van der Waals surface area contributed by atoms with E-state index in [1.807, 2.05) is 4.90 Å². The van der Waals surface area contributed by atoms with Gasteiger partial charge in [-0.3, -0.25) is 14.9 Å². The van der Waals surface area contributed by atoms with Gasteiger partial charge in [0.1, 0.15) is 0 Å². The monoisotopic (exact) mass is 284 g/mol. The SMILES string of the molecule is CCOC(=O)CCN(C)Cc1ccc([N+](=O)[O-])c(F)c1. The molecule has 0 spiro atoms. The fourth-order valence-corrected chi connectivity index (χ4v) is 1.70. The fraction of sp³-hybridized carbons (Fsp3) is 0.462. The number of hydrogen-bond donors (Lipinski definition) is 0.